The molecule has 3 aromatic rings. The molecule has 3 aromatic carbocycles. The number of nitrogens with one attached hydrogen (secondary N) is 1. The lowest BCUT2D eigenvalue weighted by atomic mass is 9.89. The summed E-state index contributed by atoms with van der Waals surface area (Å²) in [6, 6.07) is 22.6. The van der Waals surface area contributed by atoms with Crippen LogP contribution in [0.2, 0.25) is 0 Å². The van der Waals surface area contributed by atoms with Crippen LogP contribution in [-0.2, 0) is 4.79 Å². The summed E-state index contributed by atoms with van der Waals surface area (Å²) in [7, 11) is 1.66. The zero-order valence-electron chi connectivity index (χ0n) is 23.0. The molecule has 0 radical (unpaired) electrons. The van der Waals surface area contributed by atoms with Crippen molar-refractivity contribution >= 4 is 22.6 Å². The number of thioether (sulfide) groups is 1. The molecule has 0 unspecified atom stereocenters. The van der Waals surface area contributed by atoms with Crippen molar-refractivity contribution in [1.29, 1.82) is 0 Å². The number of anilines is 1. The number of ether oxygens (including phenoxy) is 1. The van der Waals surface area contributed by atoms with Crippen molar-refractivity contribution in [3.8, 4) is 5.75 Å². The second-order valence-electron chi connectivity index (χ2n) is 10.5. The maximum absolute atomic E-state index is 13.9. The molecule has 0 fully saturated rings. The third-order valence-corrected chi connectivity index (χ3v) is 7.97. The molecule has 192 valence electrons. The second kappa shape index (κ2) is 12.5. The van der Waals surface area contributed by atoms with Gasteiger partial charge in [-0.15, -0.1) is 0 Å². The van der Waals surface area contributed by atoms with Crippen LogP contribution in [0.15, 0.2) is 71.6 Å². The minimum atomic E-state index is -0.246. The Kier molecular flexibility index (Phi) is 9.67. The highest BCUT2D eigenvalue weighted by atomic mass is 32.2. The molecule has 0 spiro atoms. The summed E-state index contributed by atoms with van der Waals surface area (Å²) in [6.45, 7) is 15.4. The van der Waals surface area contributed by atoms with E-state index in [1.54, 1.807) is 7.11 Å². The monoisotopic (exact) mass is 503 g/mol. The van der Waals surface area contributed by atoms with Crippen LogP contribution < -0.4 is 10.1 Å². The molecule has 0 aliphatic carbocycles. The van der Waals surface area contributed by atoms with E-state index >= 15 is 0 Å². The van der Waals surface area contributed by atoms with E-state index in [2.05, 4.69) is 71.1 Å². The van der Waals surface area contributed by atoms with Crippen LogP contribution >= 0.6 is 11.8 Å². The lowest BCUT2D eigenvalue weighted by Crippen LogP contribution is -2.24. The summed E-state index contributed by atoms with van der Waals surface area (Å²) in [4.78, 5) is 15.0. The van der Waals surface area contributed by atoms with Gasteiger partial charge >= 0.3 is 0 Å². The summed E-state index contributed by atoms with van der Waals surface area (Å²) >= 11 is 1.42. The molecule has 0 heterocycles. The normalized spacial score (nSPS) is 13.2. The minimum Gasteiger partial charge on any atom is -0.497 e. The molecule has 0 saturated carbocycles. The van der Waals surface area contributed by atoms with Crippen LogP contribution in [0.5, 0.6) is 5.75 Å². The first-order valence-corrected chi connectivity index (χ1v) is 13.8. The maximum atomic E-state index is 13.9. The number of rotatable bonds is 10. The maximum Gasteiger partial charge on any atom is 0.198 e. The van der Waals surface area contributed by atoms with E-state index in [0.29, 0.717) is 17.8 Å². The van der Waals surface area contributed by atoms with Crippen molar-refractivity contribution in [1.82, 2.24) is 0 Å². The molecule has 4 heteroatoms. The molecule has 3 nitrogen and oxygen atoms in total. The van der Waals surface area contributed by atoms with Gasteiger partial charge in [0.25, 0.3) is 0 Å². The van der Waals surface area contributed by atoms with E-state index in [9.17, 15) is 4.79 Å². The number of methoxy groups -OCH3 is 1. The Hall–Kier alpha value is -2.72. The fraction of sp³-hybridized carbons (Fsp3) is 0.406. The Morgan fingerprint density at radius 3 is 1.78 bits per heavy atom. The molecule has 0 saturated heterocycles. The Balaban J connectivity index is 1.97. The van der Waals surface area contributed by atoms with Gasteiger partial charge in [-0.1, -0.05) is 103 Å². The molecule has 36 heavy (non-hydrogen) atoms. The van der Waals surface area contributed by atoms with Gasteiger partial charge in [0.1, 0.15) is 5.75 Å². The first kappa shape index (κ1) is 27.9. The largest absolute Gasteiger partial charge is 0.497 e. The Labute approximate surface area is 222 Å². The fourth-order valence-electron chi connectivity index (χ4n) is 4.36. The van der Waals surface area contributed by atoms with Crippen LogP contribution in [0, 0.1) is 5.92 Å². The fourth-order valence-corrected chi connectivity index (χ4v) is 5.71. The number of hydrogen-bond donors (Lipinski definition) is 1. The molecule has 0 aliphatic heterocycles. The average Bonchev–Trinajstić information content (AvgIpc) is 2.87. The van der Waals surface area contributed by atoms with E-state index in [-0.39, 0.29) is 17.1 Å². The molecule has 1 N–H and O–H groups in total. The first-order chi connectivity index (χ1) is 17.1. The molecular weight excluding hydrogens is 462 g/mol. The quantitative estimate of drug-likeness (QED) is 0.280. The van der Waals surface area contributed by atoms with Crippen molar-refractivity contribution in [2.45, 2.75) is 77.2 Å². The number of carbonyl (C=O) groups excluding carboxylic acids is 1. The summed E-state index contributed by atoms with van der Waals surface area (Å²) in [6.07, 6.45) is 0. The summed E-state index contributed by atoms with van der Waals surface area (Å²) in [5, 5.41) is 3.79. The second-order valence-corrected chi connectivity index (χ2v) is 11.5. The molecule has 0 amide bonds. The average molecular weight is 504 g/mol. The van der Waals surface area contributed by atoms with Gasteiger partial charge in [0.15, 0.2) is 5.12 Å². The van der Waals surface area contributed by atoms with Gasteiger partial charge in [0, 0.05) is 10.6 Å². The van der Waals surface area contributed by atoms with E-state index in [0.717, 1.165) is 21.9 Å². The zero-order valence-corrected chi connectivity index (χ0v) is 23.8. The van der Waals surface area contributed by atoms with Crippen LogP contribution in [-0.4, -0.2) is 12.2 Å². The van der Waals surface area contributed by atoms with Crippen LogP contribution in [0.3, 0.4) is 0 Å². The Morgan fingerprint density at radius 1 is 0.750 bits per heavy atom. The van der Waals surface area contributed by atoms with Gasteiger partial charge in [0.05, 0.1) is 19.1 Å². The molecule has 2 atom stereocenters. The minimum absolute atomic E-state index is 0.153. The first-order valence-electron chi connectivity index (χ1n) is 13.0. The van der Waals surface area contributed by atoms with Gasteiger partial charge in [-0.2, -0.15) is 0 Å². The summed E-state index contributed by atoms with van der Waals surface area (Å²) in [5.41, 5.74) is 5.94. The van der Waals surface area contributed by atoms with Gasteiger partial charge in [-0.3, -0.25) is 4.79 Å². The molecule has 3 rings (SSSR count). The van der Waals surface area contributed by atoms with Crippen molar-refractivity contribution in [3.05, 3.63) is 89.0 Å². The lowest BCUT2D eigenvalue weighted by Gasteiger charge is -2.27. The SMILES string of the molecule is COc1ccc(N[C@H](c2ccccc2)[C@@H](C)C(=O)Sc2c(C(C)C)cc(C(C)C)cc2C(C)C)cc1. The predicted octanol–water partition coefficient (Wildman–Crippen LogP) is 9.17. The smallest absolute Gasteiger partial charge is 0.198 e. The summed E-state index contributed by atoms with van der Waals surface area (Å²) in [5.74, 6) is 1.70. The number of benzene rings is 3. The molecular formula is C32H41NO2S. The highest BCUT2D eigenvalue weighted by Crippen LogP contribution is 2.41. The number of carbonyl (C=O) groups is 1. The van der Waals surface area contributed by atoms with Crippen molar-refractivity contribution < 1.29 is 9.53 Å². The van der Waals surface area contributed by atoms with Crippen LogP contribution in [0.1, 0.15) is 94.5 Å². The van der Waals surface area contributed by atoms with Gasteiger partial charge in [-0.05, 0) is 64.3 Å². The third-order valence-electron chi connectivity index (χ3n) is 6.72. The lowest BCUT2D eigenvalue weighted by molar-refractivity contribution is -0.114. The predicted molar refractivity (Wildman–Crippen MR) is 155 cm³/mol. The van der Waals surface area contributed by atoms with Crippen molar-refractivity contribution in [2.75, 3.05) is 12.4 Å². The topological polar surface area (TPSA) is 38.3 Å². The molecule has 0 aromatic heterocycles. The van der Waals surface area contributed by atoms with E-state index < -0.39 is 0 Å². The van der Waals surface area contributed by atoms with E-state index in [1.165, 1.54) is 28.5 Å². The summed E-state index contributed by atoms with van der Waals surface area (Å²) < 4.78 is 5.31. The van der Waals surface area contributed by atoms with E-state index in [4.69, 9.17) is 4.74 Å². The van der Waals surface area contributed by atoms with Crippen LogP contribution in [0.25, 0.3) is 0 Å². The van der Waals surface area contributed by atoms with Crippen molar-refractivity contribution in [2.24, 2.45) is 5.92 Å². The van der Waals surface area contributed by atoms with Crippen molar-refractivity contribution in [3.63, 3.8) is 0 Å². The van der Waals surface area contributed by atoms with E-state index in [1.807, 2.05) is 49.4 Å². The highest BCUT2D eigenvalue weighted by Gasteiger charge is 2.29. The highest BCUT2D eigenvalue weighted by molar-refractivity contribution is 8.13. The number of hydrogen-bond acceptors (Lipinski definition) is 4. The Morgan fingerprint density at radius 2 is 1.31 bits per heavy atom. The van der Waals surface area contributed by atoms with Crippen LogP contribution in [0.4, 0.5) is 5.69 Å². The van der Waals surface area contributed by atoms with Gasteiger partial charge in [0.2, 0.25) is 0 Å². The molecule has 0 bridgehead atoms. The third kappa shape index (κ3) is 6.73. The zero-order chi connectivity index (χ0) is 26.4. The Bertz CT molecular complexity index is 1110. The van der Waals surface area contributed by atoms with Gasteiger partial charge in [-0.25, -0.2) is 0 Å². The van der Waals surface area contributed by atoms with Gasteiger partial charge < -0.3 is 10.1 Å². The standard InChI is InChI=1S/C32H41NO2S/c1-20(2)25-18-28(21(3)4)31(29(19-25)22(5)6)36-32(34)23(7)30(24-12-10-9-11-13-24)33-26-14-16-27(35-8)17-15-26/h9-23,30,33H,1-8H3/t23-,30+/m1/s1. The molecule has 0 aliphatic rings.